The van der Waals surface area contributed by atoms with Crippen LogP contribution in [0.15, 0.2) is 194 Å². The first-order chi connectivity index (χ1) is 28.3. The third-order valence-corrected chi connectivity index (χ3v) is 10.9. The fourth-order valence-electron chi connectivity index (χ4n) is 7.35. The van der Waals surface area contributed by atoms with Crippen molar-refractivity contribution in [2.75, 3.05) is 9.80 Å². The lowest BCUT2D eigenvalue weighted by molar-refractivity contribution is 0.960. The Morgan fingerprint density at radius 1 is 0.276 bits per heavy atom. The summed E-state index contributed by atoms with van der Waals surface area (Å²) < 4.78 is 0. The number of aryl methyl sites for hydroxylation is 6. The SMILES string of the molecule is Cc1ccc(N(c2ccc(C)cc2)c2ccc(/C=C/c3ccc(-c4ccc(CCc5ccc(N(c6ccc(C)cc6)c6ccc(C)cc6)cc5)cc4)cc3)cc2)cc1. The van der Waals surface area contributed by atoms with Gasteiger partial charge in [-0.25, -0.2) is 0 Å². The van der Waals surface area contributed by atoms with Gasteiger partial charge in [-0.3, -0.25) is 0 Å². The van der Waals surface area contributed by atoms with Crippen LogP contribution in [0.1, 0.15) is 44.5 Å². The molecule has 8 rings (SSSR count). The highest BCUT2D eigenvalue weighted by Crippen LogP contribution is 2.36. The van der Waals surface area contributed by atoms with Crippen LogP contribution in [0, 0.1) is 27.7 Å². The zero-order chi connectivity index (χ0) is 39.8. The summed E-state index contributed by atoms with van der Waals surface area (Å²) in [6.07, 6.45) is 6.37. The Kier molecular flexibility index (Phi) is 11.5. The van der Waals surface area contributed by atoms with Crippen molar-refractivity contribution in [3.05, 3.63) is 239 Å². The van der Waals surface area contributed by atoms with Gasteiger partial charge in [0.25, 0.3) is 0 Å². The first-order valence-corrected chi connectivity index (χ1v) is 20.3. The van der Waals surface area contributed by atoms with E-state index >= 15 is 0 Å². The van der Waals surface area contributed by atoms with Gasteiger partial charge in [-0.05, 0) is 147 Å². The Hall–Kier alpha value is -6.90. The summed E-state index contributed by atoms with van der Waals surface area (Å²) in [4.78, 5) is 4.64. The monoisotopic (exact) mass is 750 g/mol. The lowest BCUT2D eigenvalue weighted by Crippen LogP contribution is -2.10. The minimum atomic E-state index is 0.996. The van der Waals surface area contributed by atoms with Gasteiger partial charge in [-0.2, -0.15) is 0 Å². The van der Waals surface area contributed by atoms with Crippen LogP contribution < -0.4 is 9.80 Å². The normalized spacial score (nSPS) is 11.2. The largest absolute Gasteiger partial charge is 0.311 e. The van der Waals surface area contributed by atoms with Crippen molar-refractivity contribution in [2.45, 2.75) is 40.5 Å². The van der Waals surface area contributed by atoms with Crippen LogP contribution in [0.2, 0.25) is 0 Å². The van der Waals surface area contributed by atoms with Crippen LogP contribution in [-0.4, -0.2) is 0 Å². The van der Waals surface area contributed by atoms with Gasteiger partial charge in [0.2, 0.25) is 0 Å². The van der Waals surface area contributed by atoms with Crippen molar-refractivity contribution < 1.29 is 0 Å². The van der Waals surface area contributed by atoms with E-state index in [2.05, 4.69) is 244 Å². The molecular formula is C56H50N2. The number of nitrogens with zero attached hydrogens (tertiary/aromatic N) is 2. The smallest absolute Gasteiger partial charge is 0.0462 e. The topological polar surface area (TPSA) is 6.48 Å². The fourth-order valence-corrected chi connectivity index (χ4v) is 7.35. The summed E-state index contributed by atoms with van der Waals surface area (Å²) in [7, 11) is 0. The van der Waals surface area contributed by atoms with E-state index < -0.39 is 0 Å². The van der Waals surface area contributed by atoms with E-state index in [4.69, 9.17) is 0 Å². The van der Waals surface area contributed by atoms with Crippen LogP contribution in [0.4, 0.5) is 34.1 Å². The van der Waals surface area contributed by atoms with Gasteiger partial charge in [0.15, 0.2) is 0 Å². The molecule has 0 unspecified atom stereocenters. The Balaban J connectivity index is 0.885. The number of hydrogen-bond donors (Lipinski definition) is 0. The van der Waals surface area contributed by atoms with Gasteiger partial charge in [-0.15, -0.1) is 0 Å². The zero-order valence-electron chi connectivity index (χ0n) is 33.9. The maximum absolute atomic E-state index is 2.33. The molecule has 0 aliphatic carbocycles. The summed E-state index contributed by atoms with van der Waals surface area (Å²) in [5.41, 5.74) is 19.4. The average Bonchev–Trinajstić information content (AvgIpc) is 3.26. The third kappa shape index (κ3) is 9.20. The summed E-state index contributed by atoms with van der Waals surface area (Å²) in [6.45, 7) is 8.52. The Bertz CT molecular complexity index is 2470. The molecule has 0 aliphatic rings. The van der Waals surface area contributed by atoms with Crippen molar-refractivity contribution in [1.29, 1.82) is 0 Å². The zero-order valence-corrected chi connectivity index (χ0v) is 33.9. The third-order valence-electron chi connectivity index (χ3n) is 10.9. The molecule has 0 saturated heterocycles. The van der Waals surface area contributed by atoms with E-state index in [1.165, 1.54) is 55.6 Å². The molecule has 2 nitrogen and oxygen atoms in total. The minimum Gasteiger partial charge on any atom is -0.311 e. The van der Waals surface area contributed by atoms with Crippen LogP contribution >= 0.6 is 0 Å². The van der Waals surface area contributed by atoms with E-state index in [1.807, 2.05) is 0 Å². The first kappa shape index (κ1) is 38.0. The van der Waals surface area contributed by atoms with E-state index in [-0.39, 0.29) is 0 Å². The lowest BCUT2D eigenvalue weighted by Gasteiger charge is -2.26. The molecule has 0 fully saturated rings. The van der Waals surface area contributed by atoms with Crippen molar-refractivity contribution in [1.82, 2.24) is 0 Å². The molecule has 0 amide bonds. The molecule has 0 bridgehead atoms. The molecule has 2 heteroatoms. The van der Waals surface area contributed by atoms with Gasteiger partial charge in [0, 0.05) is 34.1 Å². The molecule has 0 radical (unpaired) electrons. The van der Waals surface area contributed by atoms with Crippen molar-refractivity contribution in [3.63, 3.8) is 0 Å². The Morgan fingerprint density at radius 2 is 0.500 bits per heavy atom. The highest BCUT2D eigenvalue weighted by Gasteiger charge is 2.14. The van der Waals surface area contributed by atoms with E-state index in [9.17, 15) is 0 Å². The summed E-state index contributed by atoms with van der Waals surface area (Å²) in [5, 5.41) is 0. The standard InChI is InChI=1S/C56H50N2/c1-41-5-29-51(30-6-41)57(52-31-7-42(2)8-32-52)55-37-21-47(22-38-55)15-13-45-17-25-49(26-18-45)50-27-19-46(20-28-50)14-16-48-23-39-56(40-24-48)58(53-33-9-43(3)10-34-53)54-35-11-44(4)12-36-54/h5-13,15,17-40H,14,16H2,1-4H3/b15-13+. The highest BCUT2D eigenvalue weighted by atomic mass is 15.1. The minimum absolute atomic E-state index is 0.996. The molecule has 0 aromatic heterocycles. The van der Waals surface area contributed by atoms with Gasteiger partial charge < -0.3 is 9.80 Å². The quantitative estimate of drug-likeness (QED) is 0.115. The molecular weight excluding hydrogens is 701 g/mol. The molecule has 0 atom stereocenters. The van der Waals surface area contributed by atoms with E-state index in [0.717, 1.165) is 47.0 Å². The van der Waals surface area contributed by atoms with Gasteiger partial charge in [-0.1, -0.05) is 156 Å². The van der Waals surface area contributed by atoms with Crippen molar-refractivity contribution in [3.8, 4) is 11.1 Å². The van der Waals surface area contributed by atoms with Gasteiger partial charge >= 0.3 is 0 Å². The van der Waals surface area contributed by atoms with Crippen LogP contribution in [0.5, 0.6) is 0 Å². The molecule has 8 aromatic carbocycles. The molecule has 0 heterocycles. The second kappa shape index (κ2) is 17.5. The van der Waals surface area contributed by atoms with E-state index in [0.29, 0.717) is 0 Å². The molecule has 58 heavy (non-hydrogen) atoms. The molecule has 0 saturated carbocycles. The fraction of sp³-hybridized carbons (Fsp3) is 0.107. The van der Waals surface area contributed by atoms with E-state index in [1.54, 1.807) is 0 Å². The van der Waals surface area contributed by atoms with Crippen molar-refractivity contribution >= 4 is 46.3 Å². The second-order valence-corrected chi connectivity index (χ2v) is 15.4. The number of rotatable bonds is 12. The number of anilines is 6. The van der Waals surface area contributed by atoms with Crippen LogP contribution in [-0.2, 0) is 12.8 Å². The highest BCUT2D eigenvalue weighted by molar-refractivity contribution is 5.79. The maximum Gasteiger partial charge on any atom is 0.0462 e. The Morgan fingerprint density at radius 3 is 0.810 bits per heavy atom. The summed E-state index contributed by atoms with van der Waals surface area (Å²) in [6, 6.07) is 70.7. The predicted molar refractivity (Wildman–Crippen MR) is 249 cm³/mol. The summed E-state index contributed by atoms with van der Waals surface area (Å²) in [5.74, 6) is 0. The van der Waals surface area contributed by atoms with Crippen molar-refractivity contribution in [2.24, 2.45) is 0 Å². The summed E-state index contributed by atoms with van der Waals surface area (Å²) >= 11 is 0. The van der Waals surface area contributed by atoms with Crippen LogP contribution in [0.3, 0.4) is 0 Å². The molecule has 0 N–H and O–H groups in total. The average molecular weight is 751 g/mol. The predicted octanol–water partition coefficient (Wildman–Crippen LogP) is 15.5. The molecule has 0 spiro atoms. The molecule has 0 aliphatic heterocycles. The van der Waals surface area contributed by atoms with Gasteiger partial charge in [0.1, 0.15) is 0 Å². The van der Waals surface area contributed by atoms with Gasteiger partial charge in [0.05, 0.1) is 0 Å². The van der Waals surface area contributed by atoms with Crippen LogP contribution in [0.25, 0.3) is 23.3 Å². The maximum atomic E-state index is 2.33. The molecule has 284 valence electrons. The second-order valence-electron chi connectivity index (χ2n) is 15.4. The molecule has 8 aromatic rings. The lowest BCUT2D eigenvalue weighted by atomic mass is 9.99. The Labute approximate surface area is 345 Å². The number of benzene rings is 8. The number of hydrogen-bond acceptors (Lipinski definition) is 2. The first-order valence-electron chi connectivity index (χ1n) is 20.3.